The average Bonchev–Trinajstić information content (AvgIpc) is 2.48. The number of anilines is 2. The minimum atomic E-state index is 0.645. The summed E-state index contributed by atoms with van der Waals surface area (Å²) >= 11 is 0. The van der Waals surface area contributed by atoms with Crippen LogP contribution in [0.15, 0.2) is 60.9 Å². The molecule has 1 N–H and O–H groups in total. The molecule has 3 heteroatoms. The summed E-state index contributed by atoms with van der Waals surface area (Å²) in [6.45, 7) is 0. The van der Waals surface area contributed by atoms with Crippen molar-refractivity contribution < 1.29 is 0 Å². The van der Waals surface area contributed by atoms with Crippen LogP contribution in [0.1, 0.15) is 5.56 Å². The number of nitriles is 1. The molecule has 0 unspecified atom stereocenters. The maximum atomic E-state index is 8.91. The van der Waals surface area contributed by atoms with Crippen molar-refractivity contribution in [3.05, 3.63) is 66.5 Å². The monoisotopic (exact) mass is 245 g/mol. The summed E-state index contributed by atoms with van der Waals surface area (Å²) in [6.07, 6.45) is 3.62. The van der Waals surface area contributed by atoms with Gasteiger partial charge in [0.1, 0.15) is 0 Å². The highest BCUT2D eigenvalue weighted by Crippen LogP contribution is 2.25. The van der Waals surface area contributed by atoms with E-state index in [1.54, 1.807) is 12.3 Å². The third kappa shape index (κ3) is 2.24. The van der Waals surface area contributed by atoms with Crippen LogP contribution in [-0.2, 0) is 0 Å². The van der Waals surface area contributed by atoms with Crippen molar-refractivity contribution in [1.82, 2.24) is 4.98 Å². The lowest BCUT2D eigenvalue weighted by atomic mass is 10.1. The molecule has 1 aromatic heterocycles. The Kier molecular flexibility index (Phi) is 2.83. The minimum absolute atomic E-state index is 0.645. The van der Waals surface area contributed by atoms with Gasteiger partial charge in [0.15, 0.2) is 0 Å². The Bertz CT molecular complexity index is 767. The molecule has 0 radical (unpaired) electrons. The average molecular weight is 245 g/mol. The number of nitrogens with one attached hydrogen (secondary N) is 1. The number of rotatable bonds is 2. The van der Waals surface area contributed by atoms with Gasteiger partial charge in [-0.05, 0) is 30.3 Å². The predicted molar refractivity (Wildman–Crippen MR) is 76.2 cm³/mol. The van der Waals surface area contributed by atoms with E-state index in [2.05, 4.69) is 16.4 Å². The molecule has 90 valence electrons. The van der Waals surface area contributed by atoms with Gasteiger partial charge in [-0.3, -0.25) is 4.98 Å². The number of fused-ring (bicyclic) bond motifs is 1. The van der Waals surface area contributed by atoms with Crippen LogP contribution in [0.4, 0.5) is 11.4 Å². The van der Waals surface area contributed by atoms with Gasteiger partial charge in [0, 0.05) is 34.5 Å². The summed E-state index contributed by atoms with van der Waals surface area (Å²) in [5.41, 5.74) is 2.56. The van der Waals surface area contributed by atoms with E-state index in [1.807, 2.05) is 48.7 Å². The molecule has 0 atom stereocenters. The number of nitrogens with zero attached hydrogens (tertiary/aromatic N) is 2. The van der Waals surface area contributed by atoms with Crippen molar-refractivity contribution >= 4 is 22.1 Å². The maximum absolute atomic E-state index is 8.91. The Morgan fingerprint density at radius 3 is 2.84 bits per heavy atom. The summed E-state index contributed by atoms with van der Waals surface area (Å²) in [4.78, 5) is 4.12. The Balaban J connectivity index is 2.04. The first-order valence-electron chi connectivity index (χ1n) is 5.97. The van der Waals surface area contributed by atoms with Gasteiger partial charge in [0.25, 0.3) is 0 Å². The number of benzene rings is 2. The molecule has 0 spiro atoms. The first-order chi connectivity index (χ1) is 9.36. The van der Waals surface area contributed by atoms with E-state index in [9.17, 15) is 0 Å². The Hall–Kier alpha value is -2.86. The highest BCUT2D eigenvalue weighted by Gasteiger charge is 2.01. The number of pyridine rings is 1. The smallest absolute Gasteiger partial charge is 0.0992 e. The summed E-state index contributed by atoms with van der Waals surface area (Å²) < 4.78 is 0. The molecule has 3 nitrogen and oxygen atoms in total. The second kappa shape index (κ2) is 4.79. The zero-order chi connectivity index (χ0) is 13.1. The lowest BCUT2D eigenvalue weighted by Crippen LogP contribution is -1.92. The van der Waals surface area contributed by atoms with Gasteiger partial charge in [-0.1, -0.05) is 18.2 Å². The fourth-order valence-corrected chi connectivity index (χ4v) is 2.05. The van der Waals surface area contributed by atoms with Gasteiger partial charge in [-0.15, -0.1) is 0 Å². The molecule has 0 saturated heterocycles. The molecule has 1 heterocycles. The van der Waals surface area contributed by atoms with Gasteiger partial charge < -0.3 is 5.32 Å². The van der Waals surface area contributed by atoms with E-state index in [4.69, 9.17) is 5.26 Å². The Morgan fingerprint density at radius 1 is 1.05 bits per heavy atom. The van der Waals surface area contributed by atoms with Crippen LogP contribution >= 0.6 is 0 Å². The van der Waals surface area contributed by atoms with Crippen LogP contribution in [0.2, 0.25) is 0 Å². The molecule has 0 fully saturated rings. The van der Waals surface area contributed by atoms with E-state index in [1.165, 1.54) is 0 Å². The molecule has 3 aromatic rings. The van der Waals surface area contributed by atoms with Crippen molar-refractivity contribution in [3.8, 4) is 6.07 Å². The third-order valence-electron chi connectivity index (χ3n) is 2.95. The largest absolute Gasteiger partial charge is 0.355 e. The van der Waals surface area contributed by atoms with Crippen molar-refractivity contribution in [1.29, 1.82) is 5.26 Å². The van der Waals surface area contributed by atoms with E-state index in [0.29, 0.717) is 5.56 Å². The van der Waals surface area contributed by atoms with Crippen LogP contribution in [0.3, 0.4) is 0 Å². The van der Waals surface area contributed by atoms with Crippen molar-refractivity contribution in [3.63, 3.8) is 0 Å². The second-order valence-corrected chi connectivity index (χ2v) is 4.22. The molecule has 2 aromatic carbocycles. The van der Waals surface area contributed by atoms with E-state index in [-0.39, 0.29) is 0 Å². The lowest BCUT2D eigenvalue weighted by molar-refractivity contribution is 1.36. The molecular formula is C16H11N3. The van der Waals surface area contributed by atoms with Crippen LogP contribution < -0.4 is 5.32 Å². The minimum Gasteiger partial charge on any atom is -0.355 e. The Morgan fingerprint density at radius 2 is 1.95 bits per heavy atom. The number of hydrogen-bond donors (Lipinski definition) is 1. The lowest BCUT2D eigenvalue weighted by Gasteiger charge is -2.09. The van der Waals surface area contributed by atoms with Gasteiger partial charge in [-0.2, -0.15) is 5.26 Å². The number of aromatic nitrogens is 1. The fourth-order valence-electron chi connectivity index (χ4n) is 2.05. The quantitative estimate of drug-likeness (QED) is 0.746. The molecule has 0 bridgehead atoms. The first-order valence-corrected chi connectivity index (χ1v) is 5.97. The van der Waals surface area contributed by atoms with Crippen molar-refractivity contribution in [2.75, 3.05) is 5.32 Å². The van der Waals surface area contributed by atoms with Crippen LogP contribution in [0, 0.1) is 11.3 Å². The summed E-state index contributed by atoms with van der Waals surface area (Å²) in [6, 6.07) is 17.6. The second-order valence-electron chi connectivity index (χ2n) is 4.22. The standard InChI is InChI=1S/C16H11N3/c17-10-12-3-1-5-14(9-12)19-16-6-2-4-13-11-18-8-7-15(13)16/h1-9,11,19H. The predicted octanol–water partition coefficient (Wildman–Crippen LogP) is 3.85. The number of hydrogen-bond acceptors (Lipinski definition) is 3. The van der Waals surface area contributed by atoms with Crippen molar-refractivity contribution in [2.24, 2.45) is 0 Å². The Labute approximate surface area is 111 Å². The summed E-state index contributed by atoms with van der Waals surface area (Å²) in [5, 5.41) is 14.5. The molecular weight excluding hydrogens is 234 g/mol. The molecule has 0 saturated carbocycles. The fraction of sp³-hybridized carbons (Fsp3) is 0. The van der Waals surface area contributed by atoms with Gasteiger partial charge in [0.05, 0.1) is 11.6 Å². The van der Waals surface area contributed by atoms with E-state index >= 15 is 0 Å². The van der Waals surface area contributed by atoms with Gasteiger partial charge >= 0.3 is 0 Å². The van der Waals surface area contributed by atoms with Crippen molar-refractivity contribution in [2.45, 2.75) is 0 Å². The van der Waals surface area contributed by atoms with E-state index in [0.717, 1.165) is 22.1 Å². The third-order valence-corrected chi connectivity index (χ3v) is 2.95. The molecule has 0 aliphatic heterocycles. The first kappa shape index (κ1) is 11.2. The molecule has 0 aliphatic rings. The molecule has 0 amide bonds. The topological polar surface area (TPSA) is 48.7 Å². The normalized spacial score (nSPS) is 10.1. The highest BCUT2D eigenvalue weighted by atomic mass is 14.9. The van der Waals surface area contributed by atoms with Crippen LogP contribution in [0.25, 0.3) is 10.8 Å². The maximum Gasteiger partial charge on any atom is 0.0992 e. The van der Waals surface area contributed by atoms with Gasteiger partial charge in [-0.25, -0.2) is 0 Å². The van der Waals surface area contributed by atoms with Crippen LogP contribution in [-0.4, -0.2) is 4.98 Å². The summed E-state index contributed by atoms with van der Waals surface area (Å²) in [5.74, 6) is 0. The summed E-state index contributed by atoms with van der Waals surface area (Å²) in [7, 11) is 0. The van der Waals surface area contributed by atoms with E-state index < -0.39 is 0 Å². The molecule has 3 rings (SSSR count). The zero-order valence-corrected chi connectivity index (χ0v) is 10.2. The van der Waals surface area contributed by atoms with Crippen LogP contribution in [0.5, 0.6) is 0 Å². The zero-order valence-electron chi connectivity index (χ0n) is 10.2. The van der Waals surface area contributed by atoms with Gasteiger partial charge in [0.2, 0.25) is 0 Å². The molecule has 0 aliphatic carbocycles. The SMILES string of the molecule is N#Cc1cccc(Nc2cccc3cnccc23)c1. The highest BCUT2D eigenvalue weighted by molar-refractivity contribution is 5.94. The molecule has 19 heavy (non-hydrogen) atoms.